The summed E-state index contributed by atoms with van der Waals surface area (Å²) in [5.74, 6) is -1.51. The Kier molecular flexibility index (Phi) is 5.23. The second-order valence-electron chi connectivity index (χ2n) is 5.37. The van der Waals surface area contributed by atoms with Crippen molar-refractivity contribution in [2.45, 2.75) is 26.3 Å². The minimum Gasteiger partial charge on any atom is -0.496 e. The van der Waals surface area contributed by atoms with E-state index < -0.39 is 30.2 Å². The number of carboxylic acid groups (broad SMARTS) is 1. The number of hydrogen-bond donors (Lipinski definition) is 2. The Morgan fingerprint density at radius 3 is 2.75 bits per heavy atom. The summed E-state index contributed by atoms with van der Waals surface area (Å²) in [6.45, 7) is 3.33. The second-order valence-corrected chi connectivity index (χ2v) is 5.37. The largest absolute Gasteiger partial charge is 0.496 e. The van der Waals surface area contributed by atoms with Crippen LogP contribution in [0.4, 0.5) is 4.39 Å². The van der Waals surface area contributed by atoms with Crippen LogP contribution in [0, 0.1) is 12.7 Å². The number of carbonyl (C=O) groups excluding carboxylic acids is 1. The minimum absolute atomic E-state index is 0.0795. The predicted molar refractivity (Wildman–Crippen MR) is 83.6 cm³/mol. The highest BCUT2D eigenvalue weighted by Crippen LogP contribution is 2.27. The maximum atomic E-state index is 13.5. The van der Waals surface area contributed by atoms with Crippen LogP contribution < -0.4 is 10.1 Å². The minimum atomic E-state index is -1.10. The summed E-state index contributed by atoms with van der Waals surface area (Å²) in [6, 6.07) is 3.48. The van der Waals surface area contributed by atoms with Crippen molar-refractivity contribution in [3.63, 3.8) is 0 Å². The lowest BCUT2D eigenvalue weighted by Gasteiger charge is -2.17. The fourth-order valence-electron chi connectivity index (χ4n) is 2.46. The van der Waals surface area contributed by atoms with Crippen LogP contribution in [-0.4, -0.2) is 24.1 Å². The molecule has 0 saturated heterocycles. The summed E-state index contributed by atoms with van der Waals surface area (Å²) in [5.41, 5.74) is 1.19. The lowest BCUT2D eigenvalue weighted by molar-refractivity contribution is -0.136. The topological polar surface area (TPSA) is 88.8 Å². The Hall–Kier alpha value is -2.83. The van der Waals surface area contributed by atoms with Gasteiger partial charge in [-0.25, -0.2) is 4.39 Å². The van der Waals surface area contributed by atoms with E-state index in [1.54, 1.807) is 13.8 Å². The highest BCUT2D eigenvalue weighted by Gasteiger charge is 2.23. The molecule has 7 heteroatoms. The summed E-state index contributed by atoms with van der Waals surface area (Å²) < 4.78 is 23.8. The molecule has 1 aromatic carbocycles. The molecule has 0 aliphatic rings. The van der Waals surface area contributed by atoms with E-state index in [-0.39, 0.29) is 11.3 Å². The first-order chi connectivity index (χ1) is 11.3. The van der Waals surface area contributed by atoms with Crippen LogP contribution >= 0.6 is 0 Å². The first kappa shape index (κ1) is 17.5. The standard InChI is InChI=1S/C17H18FNO5/c1-9-8-24-14(7-15(20)21)16(9)17(22)19-10(2)12-6-11(18)4-5-13(12)23-3/h4-6,8,10H,7H2,1-3H3,(H,19,22)(H,20,21). The van der Waals surface area contributed by atoms with Gasteiger partial charge in [0.25, 0.3) is 5.91 Å². The van der Waals surface area contributed by atoms with Crippen LogP contribution in [0.3, 0.4) is 0 Å². The molecular weight excluding hydrogens is 317 g/mol. The maximum Gasteiger partial charge on any atom is 0.311 e. The molecule has 0 spiro atoms. The molecule has 24 heavy (non-hydrogen) atoms. The van der Waals surface area contributed by atoms with E-state index in [0.29, 0.717) is 16.9 Å². The summed E-state index contributed by atoms with van der Waals surface area (Å²) >= 11 is 0. The number of furan rings is 1. The van der Waals surface area contributed by atoms with E-state index in [2.05, 4.69) is 5.32 Å². The van der Waals surface area contributed by atoms with Gasteiger partial charge in [0.15, 0.2) is 0 Å². The van der Waals surface area contributed by atoms with Gasteiger partial charge in [-0.3, -0.25) is 9.59 Å². The number of aryl methyl sites for hydroxylation is 1. The summed E-state index contributed by atoms with van der Waals surface area (Å²) in [7, 11) is 1.45. The number of carboxylic acids is 1. The van der Waals surface area contributed by atoms with E-state index in [9.17, 15) is 14.0 Å². The molecule has 2 rings (SSSR count). The third-order valence-electron chi connectivity index (χ3n) is 3.60. The van der Waals surface area contributed by atoms with E-state index >= 15 is 0 Å². The van der Waals surface area contributed by atoms with Gasteiger partial charge < -0.3 is 19.6 Å². The number of carbonyl (C=O) groups is 2. The molecule has 2 N–H and O–H groups in total. The number of benzene rings is 1. The number of amides is 1. The van der Waals surface area contributed by atoms with Crippen molar-refractivity contribution in [3.05, 3.63) is 52.7 Å². The molecule has 0 aliphatic carbocycles. The molecule has 1 aromatic heterocycles. The SMILES string of the molecule is COc1ccc(F)cc1C(C)NC(=O)c1c(C)coc1CC(=O)O. The summed E-state index contributed by atoms with van der Waals surface area (Å²) in [5, 5.41) is 11.6. The highest BCUT2D eigenvalue weighted by atomic mass is 19.1. The molecule has 0 aliphatic heterocycles. The molecule has 0 bridgehead atoms. The Labute approximate surface area is 138 Å². The van der Waals surface area contributed by atoms with Gasteiger partial charge in [-0.15, -0.1) is 0 Å². The number of aliphatic carboxylic acids is 1. The molecule has 128 valence electrons. The van der Waals surface area contributed by atoms with E-state index in [0.717, 1.165) is 0 Å². The third kappa shape index (κ3) is 3.73. The average molecular weight is 335 g/mol. The molecule has 1 atom stereocenters. The Bertz CT molecular complexity index is 768. The van der Waals surface area contributed by atoms with Gasteiger partial charge in [0.2, 0.25) is 0 Å². The lowest BCUT2D eigenvalue weighted by Crippen LogP contribution is -2.28. The summed E-state index contributed by atoms with van der Waals surface area (Å²) in [4.78, 5) is 23.4. The molecule has 0 radical (unpaired) electrons. The van der Waals surface area contributed by atoms with Gasteiger partial charge in [-0.1, -0.05) is 0 Å². The fourth-order valence-corrected chi connectivity index (χ4v) is 2.46. The predicted octanol–water partition coefficient (Wildman–Crippen LogP) is 2.85. The molecule has 0 fully saturated rings. The van der Waals surface area contributed by atoms with Crippen molar-refractivity contribution in [2.24, 2.45) is 0 Å². The van der Waals surface area contributed by atoms with Crippen molar-refractivity contribution in [1.29, 1.82) is 0 Å². The maximum absolute atomic E-state index is 13.5. The van der Waals surface area contributed by atoms with Gasteiger partial charge in [0, 0.05) is 11.1 Å². The second kappa shape index (κ2) is 7.16. The van der Waals surface area contributed by atoms with Crippen LogP contribution in [0.1, 0.15) is 40.2 Å². The smallest absolute Gasteiger partial charge is 0.311 e. The zero-order valence-corrected chi connectivity index (χ0v) is 13.6. The monoisotopic (exact) mass is 335 g/mol. The highest BCUT2D eigenvalue weighted by molar-refractivity contribution is 5.97. The van der Waals surface area contributed by atoms with Crippen molar-refractivity contribution >= 4 is 11.9 Å². The average Bonchev–Trinajstić information content (AvgIpc) is 2.87. The normalized spacial score (nSPS) is 11.8. The van der Waals surface area contributed by atoms with Gasteiger partial charge in [-0.2, -0.15) is 0 Å². The van der Waals surface area contributed by atoms with Crippen LogP contribution in [0.25, 0.3) is 0 Å². The molecule has 2 aromatic rings. The van der Waals surface area contributed by atoms with Gasteiger partial charge >= 0.3 is 5.97 Å². The van der Waals surface area contributed by atoms with Gasteiger partial charge in [0.1, 0.15) is 23.7 Å². The van der Waals surface area contributed by atoms with Crippen LogP contribution in [-0.2, 0) is 11.2 Å². The van der Waals surface area contributed by atoms with Crippen molar-refractivity contribution in [3.8, 4) is 5.75 Å². The molecule has 1 heterocycles. The number of nitrogens with one attached hydrogen (secondary N) is 1. The van der Waals surface area contributed by atoms with E-state index in [4.69, 9.17) is 14.3 Å². The molecule has 1 unspecified atom stereocenters. The fraction of sp³-hybridized carbons (Fsp3) is 0.294. The Balaban J connectivity index is 2.25. The number of ether oxygens (including phenoxy) is 1. The third-order valence-corrected chi connectivity index (χ3v) is 3.60. The number of halogens is 1. The van der Waals surface area contributed by atoms with Crippen LogP contribution in [0.5, 0.6) is 5.75 Å². The molecular formula is C17H18FNO5. The van der Waals surface area contributed by atoms with Crippen LogP contribution in [0.2, 0.25) is 0 Å². The van der Waals surface area contributed by atoms with Gasteiger partial charge in [0.05, 0.1) is 25.0 Å². The van der Waals surface area contributed by atoms with Crippen molar-refractivity contribution in [1.82, 2.24) is 5.32 Å². The first-order valence-corrected chi connectivity index (χ1v) is 7.26. The Morgan fingerprint density at radius 2 is 2.12 bits per heavy atom. The number of methoxy groups -OCH3 is 1. The van der Waals surface area contributed by atoms with Crippen LogP contribution in [0.15, 0.2) is 28.9 Å². The zero-order valence-electron chi connectivity index (χ0n) is 13.6. The summed E-state index contributed by atoms with van der Waals surface area (Å²) in [6.07, 6.45) is 0.939. The lowest BCUT2D eigenvalue weighted by atomic mass is 10.0. The van der Waals surface area contributed by atoms with Crippen molar-refractivity contribution < 1.29 is 28.2 Å². The molecule has 6 nitrogen and oxygen atoms in total. The zero-order chi connectivity index (χ0) is 17.9. The quantitative estimate of drug-likeness (QED) is 0.847. The first-order valence-electron chi connectivity index (χ1n) is 7.26. The van der Waals surface area contributed by atoms with Crippen molar-refractivity contribution in [2.75, 3.05) is 7.11 Å². The Morgan fingerprint density at radius 1 is 1.42 bits per heavy atom. The van der Waals surface area contributed by atoms with E-state index in [1.807, 2.05) is 0 Å². The number of rotatable bonds is 6. The molecule has 0 saturated carbocycles. The van der Waals surface area contributed by atoms with Gasteiger partial charge in [-0.05, 0) is 32.0 Å². The molecule has 1 amide bonds. The van der Waals surface area contributed by atoms with E-state index in [1.165, 1.54) is 31.6 Å². The number of hydrogen-bond acceptors (Lipinski definition) is 4.